The van der Waals surface area contributed by atoms with Gasteiger partial charge in [-0.1, -0.05) is 49.7 Å². The van der Waals surface area contributed by atoms with Crippen LogP contribution in [0.15, 0.2) is 53.4 Å². The van der Waals surface area contributed by atoms with E-state index < -0.39 is 5.97 Å². The fourth-order valence-electron chi connectivity index (χ4n) is 2.96. The first-order valence-corrected chi connectivity index (χ1v) is 10.1. The summed E-state index contributed by atoms with van der Waals surface area (Å²) in [5.41, 5.74) is 4.52. The first-order valence-electron chi connectivity index (χ1n) is 8.93. The Hall–Kier alpha value is -2.57. The van der Waals surface area contributed by atoms with Gasteiger partial charge in [0.2, 0.25) is 5.95 Å². The molecule has 0 aliphatic rings. The number of hydrogen-bond acceptors (Lipinski definition) is 5. The Bertz CT molecular complexity index is 988. The van der Waals surface area contributed by atoms with Crippen LogP contribution in [0.3, 0.4) is 0 Å². The van der Waals surface area contributed by atoms with Crippen molar-refractivity contribution in [2.75, 3.05) is 4.72 Å². The molecular formula is C21H20ClN3O2S. The largest absolute Gasteiger partial charge is 0.478 e. The highest BCUT2D eigenvalue weighted by atomic mass is 35.5. The number of aromatic nitrogens is 2. The Morgan fingerprint density at radius 2 is 1.75 bits per heavy atom. The summed E-state index contributed by atoms with van der Waals surface area (Å²) in [7, 11) is 0. The smallest absolute Gasteiger partial charge is 0.335 e. The Labute approximate surface area is 173 Å². The summed E-state index contributed by atoms with van der Waals surface area (Å²) >= 11 is 7.50. The number of hydrogen-bond donors (Lipinski definition) is 2. The van der Waals surface area contributed by atoms with Crippen molar-refractivity contribution < 1.29 is 9.90 Å². The standard InChI is InChI=1S/C21H20ClN3O2S/c1-3-13-7-5-8-14(4-2)19(13)17-12-18(22)24-21(23-17)25-28-16-10-6-9-15(11-16)20(26)27/h5-12H,3-4H2,1-2H3,(H,26,27)(H,23,24,25). The van der Waals surface area contributed by atoms with Crippen molar-refractivity contribution in [2.45, 2.75) is 31.6 Å². The summed E-state index contributed by atoms with van der Waals surface area (Å²) < 4.78 is 3.07. The van der Waals surface area contributed by atoms with Gasteiger partial charge in [0.1, 0.15) is 5.15 Å². The van der Waals surface area contributed by atoms with Crippen LogP contribution in [-0.4, -0.2) is 21.0 Å². The number of nitrogens with one attached hydrogen (secondary N) is 1. The lowest BCUT2D eigenvalue weighted by molar-refractivity contribution is 0.0696. The summed E-state index contributed by atoms with van der Waals surface area (Å²) in [6.45, 7) is 4.23. The van der Waals surface area contributed by atoms with Crippen LogP contribution in [0.4, 0.5) is 5.95 Å². The van der Waals surface area contributed by atoms with Crippen LogP contribution >= 0.6 is 23.5 Å². The van der Waals surface area contributed by atoms with Crippen LogP contribution in [-0.2, 0) is 12.8 Å². The van der Waals surface area contributed by atoms with Crippen molar-refractivity contribution in [3.63, 3.8) is 0 Å². The maximum absolute atomic E-state index is 11.1. The number of aromatic carboxylic acids is 1. The number of carboxylic acid groups (broad SMARTS) is 1. The second kappa shape index (κ2) is 9.08. The molecule has 0 unspecified atom stereocenters. The minimum absolute atomic E-state index is 0.226. The van der Waals surface area contributed by atoms with E-state index in [9.17, 15) is 4.79 Å². The van der Waals surface area contributed by atoms with Crippen molar-refractivity contribution in [2.24, 2.45) is 0 Å². The van der Waals surface area contributed by atoms with E-state index in [-0.39, 0.29) is 5.56 Å². The molecule has 0 fully saturated rings. The molecule has 0 bridgehead atoms. The van der Waals surface area contributed by atoms with Gasteiger partial charge in [-0.2, -0.15) is 0 Å². The first-order chi connectivity index (χ1) is 13.5. The molecule has 0 aliphatic heterocycles. The SMILES string of the molecule is CCc1cccc(CC)c1-c1cc(Cl)nc(NSc2cccc(C(=O)O)c2)n1. The molecular weight excluding hydrogens is 394 g/mol. The molecule has 0 atom stereocenters. The van der Waals surface area contributed by atoms with E-state index in [1.807, 2.05) is 6.07 Å². The van der Waals surface area contributed by atoms with Gasteiger partial charge < -0.3 is 5.11 Å². The lowest BCUT2D eigenvalue weighted by Crippen LogP contribution is -2.01. The number of aryl methyl sites for hydroxylation is 2. The number of carbonyl (C=O) groups is 1. The Morgan fingerprint density at radius 1 is 1.07 bits per heavy atom. The van der Waals surface area contributed by atoms with Gasteiger partial charge in [0.05, 0.1) is 11.3 Å². The molecule has 0 radical (unpaired) electrons. The highest BCUT2D eigenvalue weighted by Gasteiger charge is 2.13. The quantitative estimate of drug-likeness (QED) is 0.380. The van der Waals surface area contributed by atoms with Crippen LogP contribution in [0.25, 0.3) is 11.3 Å². The fraction of sp³-hybridized carbons (Fsp3) is 0.190. The predicted molar refractivity (Wildman–Crippen MR) is 114 cm³/mol. The topological polar surface area (TPSA) is 75.1 Å². The van der Waals surface area contributed by atoms with Gasteiger partial charge in [0.25, 0.3) is 0 Å². The molecule has 7 heteroatoms. The number of nitrogens with zero attached hydrogens (tertiary/aromatic N) is 2. The van der Waals surface area contributed by atoms with Gasteiger partial charge in [0, 0.05) is 16.5 Å². The molecule has 144 valence electrons. The molecule has 0 saturated carbocycles. The van der Waals surface area contributed by atoms with E-state index in [0.717, 1.165) is 29.0 Å². The van der Waals surface area contributed by atoms with Crippen molar-refractivity contribution >= 4 is 35.5 Å². The molecule has 0 aliphatic carbocycles. The third-order valence-electron chi connectivity index (χ3n) is 4.29. The average Bonchev–Trinajstić information content (AvgIpc) is 2.71. The highest BCUT2D eigenvalue weighted by molar-refractivity contribution is 8.00. The fourth-order valence-corrected chi connectivity index (χ4v) is 3.78. The number of anilines is 1. The minimum atomic E-state index is -0.966. The van der Waals surface area contributed by atoms with Crippen molar-refractivity contribution in [1.82, 2.24) is 9.97 Å². The van der Waals surface area contributed by atoms with E-state index in [4.69, 9.17) is 16.7 Å². The maximum atomic E-state index is 11.1. The lowest BCUT2D eigenvalue weighted by Gasteiger charge is -2.14. The van der Waals surface area contributed by atoms with Gasteiger partial charge in [-0.05, 0) is 54.1 Å². The number of carboxylic acids is 1. The number of halogens is 1. The molecule has 3 rings (SSSR count). The van der Waals surface area contributed by atoms with Crippen LogP contribution in [0.1, 0.15) is 35.3 Å². The second-order valence-corrected chi connectivity index (χ2v) is 7.36. The van der Waals surface area contributed by atoms with Gasteiger partial charge >= 0.3 is 5.97 Å². The van der Waals surface area contributed by atoms with Crippen LogP contribution in [0.5, 0.6) is 0 Å². The van der Waals surface area contributed by atoms with Gasteiger partial charge in [0.15, 0.2) is 0 Å². The minimum Gasteiger partial charge on any atom is -0.478 e. The molecule has 2 aromatic carbocycles. The van der Waals surface area contributed by atoms with Gasteiger partial charge in [-0.15, -0.1) is 0 Å². The third-order valence-corrected chi connectivity index (χ3v) is 5.26. The molecule has 28 heavy (non-hydrogen) atoms. The number of rotatable bonds is 7. The van der Waals surface area contributed by atoms with Crippen LogP contribution in [0, 0.1) is 0 Å². The molecule has 0 spiro atoms. The van der Waals surface area contributed by atoms with Gasteiger partial charge in [-0.25, -0.2) is 14.8 Å². The molecule has 1 aromatic heterocycles. The van der Waals surface area contributed by atoms with E-state index in [1.165, 1.54) is 23.1 Å². The van der Waals surface area contributed by atoms with Crippen LogP contribution in [0.2, 0.25) is 5.15 Å². The van der Waals surface area contributed by atoms with E-state index >= 15 is 0 Å². The third kappa shape index (κ3) is 4.64. The van der Waals surface area contributed by atoms with Crippen molar-refractivity contribution in [3.8, 4) is 11.3 Å². The zero-order chi connectivity index (χ0) is 20.1. The zero-order valence-electron chi connectivity index (χ0n) is 15.6. The summed E-state index contributed by atoms with van der Waals surface area (Å²) in [5, 5.41) is 9.47. The van der Waals surface area contributed by atoms with Crippen molar-refractivity contribution in [3.05, 3.63) is 70.4 Å². The van der Waals surface area contributed by atoms with E-state index in [1.54, 1.807) is 24.3 Å². The monoisotopic (exact) mass is 413 g/mol. The Balaban J connectivity index is 1.91. The molecule has 0 amide bonds. The van der Waals surface area contributed by atoms with E-state index in [0.29, 0.717) is 11.1 Å². The molecule has 1 heterocycles. The molecule has 3 aromatic rings. The first kappa shape index (κ1) is 20.2. The molecule has 2 N–H and O–H groups in total. The van der Waals surface area contributed by atoms with E-state index in [2.05, 4.69) is 46.7 Å². The highest BCUT2D eigenvalue weighted by Crippen LogP contribution is 2.30. The van der Waals surface area contributed by atoms with Crippen LogP contribution < -0.4 is 4.72 Å². The zero-order valence-corrected chi connectivity index (χ0v) is 17.1. The normalized spacial score (nSPS) is 10.7. The summed E-state index contributed by atoms with van der Waals surface area (Å²) in [5.74, 6) is -0.590. The lowest BCUT2D eigenvalue weighted by atomic mass is 9.95. The second-order valence-electron chi connectivity index (χ2n) is 6.09. The Kier molecular flexibility index (Phi) is 6.54. The maximum Gasteiger partial charge on any atom is 0.335 e. The number of benzene rings is 2. The Morgan fingerprint density at radius 3 is 2.39 bits per heavy atom. The predicted octanol–water partition coefficient (Wildman–Crippen LogP) is 5.74. The molecule has 5 nitrogen and oxygen atoms in total. The average molecular weight is 414 g/mol. The summed E-state index contributed by atoms with van der Waals surface area (Å²) in [4.78, 5) is 20.8. The molecule has 0 saturated heterocycles. The van der Waals surface area contributed by atoms with Gasteiger partial charge in [-0.3, -0.25) is 4.72 Å². The van der Waals surface area contributed by atoms with Crippen molar-refractivity contribution in [1.29, 1.82) is 0 Å². The summed E-state index contributed by atoms with van der Waals surface area (Å²) in [6, 6.07) is 14.7. The summed E-state index contributed by atoms with van der Waals surface area (Å²) in [6.07, 6.45) is 1.79.